The maximum Gasteiger partial charge on any atom is 0.266 e. The quantitative estimate of drug-likeness (QED) is 0.630. The number of ether oxygens (including phenoxy) is 1. The molecule has 0 bridgehead atoms. The van der Waals surface area contributed by atoms with Crippen LogP contribution in [0.15, 0.2) is 16.9 Å². The summed E-state index contributed by atoms with van der Waals surface area (Å²) >= 11 is 3.65. The van der Waals surface area contributed by atoms with Gasteiger partial charge in [0.2, 0.25) is 5.88 Å². The van der Waals surface area contributed by atoms with Crippen molar-refractivity contribution in [3.05, 3.63) is 22.5 Å². The van der Waals surface area contributed by atoms with Gasteiger partial charge in [0, 0.05) is 17.5 Å². The molecule has 19 heavy (non-hydrogen) atoms. The van der Waals surface area contributed by atoms with E-state index in [9.17, 15) is 4.79 Å². The van der Waals surface area contributed by atoms with E-state index >= 15 is 0 Å². The summed E-state index contributed by atoms with van der Waals surface area (Å²) in [5.41, 5.74) is 0.102. The third kappa shape index (κ3) is 3.59. The second kappa shape index (κ2) is 6.55. The lowest BCUT2D eigenvalue weighted by Gasteiger charge is -2.30. The monoisotopic (exact) mass is 328 g/mol. The zero-order valence-corrected chi connectivity index (χ0v) is 13.0. The van der Waals surface area contributed by atoms with Gasteiger partial charge >= 0.3 is 0 Å². The van der Waals surface area contributed by atoms with Gasteiger partial charge in [-0.1, -0.05) is 41.6 Å². The zero-order valence-electron chi connectivity index (χ0n) is 11.4. The Kier molecular flexibility index (Phi) is 5.02. The minimum Gasteiger partial charge on any atom is -0.480 e. The predicted molar refractivity (Wildman–Crippen MR) is 79.0 cm³/mol. The van der Waals surface area contributed by atoms with Crippen molar-refractivity contribution in [1.29, 1.82) is 0 Å². The maximum absolute atomic E-state index is 11.9. The Morgan fingerprint density at radius 3 is 2.58 bits per heavy atom. The molecule has 0 saturated heterocycles. The van der Waals surface area contributed by atoms with Crippen molar-refractivity contribution in [1.82, 2.24) is 9.78 Å². The highest BCUT2D eigenvalue weighted by Crippen LogP contribution is 2.37. The number of hydrogen-bond donors (Lipinski definition) is 0. The minimum absolute atomic E-state index is 0.0506. The molecule has 1 aliphatic carbocycles. The van der Waals surface area contributed by atoms with Crippen LogP contribution >= 0.6 is 15.9 Å². The molecule has 1 heterocycles. The van der Waals surface area contributed by atoms with E-state index in [-0.39, 0.29) is 11.0 Å². The molecule has 1 aromatic rings. The molecule has 4 nitrogen and oxygen atoms in total. The van der Waals surface area contributed by atoms with Crippen LogP contribution < -0.4 is 10.3 Å². The molecule has 1 fully saturated rings. The molecule has 5 heteroatoms. The molecule has 0 aliphatic heterocycles. The summed E-state index contributed by atoms with van der Waals surface area (Å²) in [5, 5.41) is 5.19. The summed E-state index contributed by atoms with van der Waals surface area (Å²) < 4.78 is 6.67. The minimum atomic E-state index is -0.0506. The molecule has 0 radical (unpaired) electrons. The van der Waals surface area contributed by atoms with Crippen LogP contribution in [-0.2, 0) is 6.54 Å². The Morgan fingerprint density at radius 2 is 2.00 bits per heavy atom. The van der Waals surface area contributed by atoms with Crippen molar-refractivity contribution in [2.45, 2.75) is 45.1 Å². The highest BCUT2D eigenvalue weighted by atomic mass is 79.9. The summed E-state index contributed by atoms with van der Waals surface area (Å²) in [6, 6.07) is 3.15. The highest BCUT2D eigenvalue weighted by Gasteiger charge is 2.31. The van der Waals surface area contributed by atoms with Gasteiger partial charge < -0.3 is 4.74 Å². The van der Waals surface area contributed by atoms with Gasteiger partial charge in [0.15, 0.2) is 0 Å². The van der Waals surface area contributed by atoms with E-state index in [1.165, 1.54) is 31.7 Å². The molecule has 0 unspecified atom stereocenters. The van der Waals surface area contributed by atoms with Gasteiger partial charge in [0.05, 0.1) is 13.7 Å². The summed E-state index contributed by atoms with van der Waals surface area (Å²) in [6.07, 6.45) is 7.40. The van der Waals surface area contributed by atoms with Crippen LogP contribution in [0.1, 0.15) is 38.5 Å². The number of halogens is 1. The summed E-state index contributed by atoms with van der Waals surface area (Å²) in [4.78, 5) is 11.9. The van der Waals surface area contributed by atoms with Crippen LogP contribution in [0, 0.1) is 5.41 Å². The standard InChI is InChI=1S/C14H21BrN2O2/c1-19-12-6-7-13(18)17(16-12)11-14(10-15)8-4-2-3-5-9-14/h6-7H,2-5,8-11H2,1H3. The smallest absolute Gasteiger partial charge is 0.266 e. The van der Waals surface area contributed by atoms with Gasteiger partial charge in [-0.2, -0.15) is 0 Å². The Balaban J connectivity index is 2.23. The topological polar surface area (TPSA) is 44.1 Å². The molecule has 0 spiro atoms. The largest absolute Gasteiger partial charge is 0.480 e. The lowest BCUT2D eigenvalue weighted by atomic mass is 9.82. The van der Waals surface area contributed by atoms with E-state index in [0.717, 1.165) is 18.2 Å². The summed E-state index contributed by atoms with van der Waals surface area (Å²) in [7, 11) is 1.57. The van der Waals surface area contributed by atoms with Gasteiger partial charge in [-0.15, -0.1) is 5.10 Å². The first-order chi connectivity index (χ1) is 9.19. The highest BCUT2D eigenvalue weighted by molar-refractivity contribution is 9.09. The number of nitrogens with zero attached hydrogens (tertiary/aromatic N) is 2. The van der Waals surface area contributed by atoms with Crippen molar-refractivity contribution >= 4 is 15.9 Å². The van der Waals surface area contributed by atoms with Gasteiger partial charge in [-0.3, -0.25) is 4.79 Å². The predicted octanol–water partition coefficient (Wildman–Crippen LogP) is 2.99. The van der Waals surface area contributed by atoms with Crippen LogP contribution in [0.3, 0.4) is 0 Å². The molecule has 106 valence electrons. The summed E-state index contributed by atoms with van der Waals surface area (Å²) in [6.45, 7) is 0.675. The molecule has 1 aromatic heterocycles. The van der Waals surface area contributed by atoms with E-state index in [2.05, 4.69) is 21.0 Å². The van der Waals surface area contributed by atoms with Crippen LogP contribution in [0.5, 0.6) is 5.88 Å². The Labute approximate surface area is 122 Å². The molecule has 0 atom stereocenters. The number of aromatic nitrogens is 2. The van der Waals surface area contributed by atoms with Crippen molar-refractivity contribution in [3.63, 3.8) is 0 Å². The van der Waals surface area contributed by atoms with Crippen molar-refractivity contribution < 1.29 is 4.74 Å². The van der Waals surface area contributed by atoms with Crippen molar-refractivity contribution in [2.24, 2.45) is 5.41 Å². The third-order valence-electron chi connectivity index (χ3n) is 3.98. The fraction of sp³-hybridized carbons (Fsp3) is 0.714. The van der Waals surface area contributed by atoms with Gasteiger partial charge in [0.1, 0.15) is 0 Å². The van der Waals surface area contributed by atoms with Crippen LogP contribution in [0.4, 0.5) is 0 Å². The zero-order chi connectivity index (χ0) is 13.7. The van der Waals surface area contributed by atoms with Gasteiger partial charge in [0.25, 0.3) is 5.56 Å². The number of rotatable bonds is 4. The summed E-state index contributed by atoms with van der Waals surface area (Å²) in [5.74, 6) is 0.498. The van der Waals surface area contributed by atoms with Gasteiger partial charge in [-0.05, 0) is 18.3 Å². The Hall–Kier alpha value is -0.840. The molecule has 1 saturated carbocycles. The fourth-order valence-corrected chi connectivity index (χ4v) is 3.52. The van der Waals surface area contributed by atoms with E-state index in [4.69, 9.17) is 4.74 Å². The number of hydrogen-bond acceptors (Lipinski definition) is 3. The van der Waals surface area contributed by atoms with E-state index in [0.29, 0.717) is 12.4 Å². The normalized spacial score (nSPS) is 18.8. The lowest BCUT2D eigenvalue weighted by Crippen LogP contribution is -2.34. The first-order valence-electron chi connectivity index (χ1n) is 6.87. The maximum atomic E-state index is 11.9. The lowest BCUT2D eigenvalue weighted by molar-refractivity contribution is 0.222. The van der Waals surface area contributed by atoms with Crippen molar-refractivity contribution in [3.8, 4) is 5.88 Å². The molecule has 2 rings (SSSR count). The van der Waals surface area contributed by atoms with Crippen molar-refractivity contribution in [2.75, 3.05) is 12.4 Å². The molecule has 0 amide bonds. The Morgan fingerprint density at radius 1 is 1.32 bits per heavy atom. The van der Waals surface area contributed by atoms with Crippen LogP contribution in [0.25, 0.3) is 0 Å². The second-order valence-corrected chi connectivity index (χ2v) is 5.98. The number of methoxy groups -OCH3 is 1. The average Bonchev–Trinajstić information content (AvgIpc) is 2.67. The first kappa shape index (κ1) is 14.6. The Bertz CT molecular complexity index is 465. The fourth-order valence-electron chi connectivity index (χ4n) is 2.78. The first-order valence-corrected chi connectivity index (χ1v) is 7.99. The number of alkyl halides is 1. The second-order valence-electron chi connectivity index (χ2n) is 5.42. The average molecular weight is 329 g/mol. The molecule has 0 aromatic carbocycles. The molecule has 0 N–H and O–H groups in total. The van der Waals surface area contributed by atoms with Crippen LogP contribution in [-0.4, -0.2) is 22.2 Å². The van der Waals surface area contributed by atoms with E-state index < -0.39 is 0 Å². The van der Waals surface area contributed by atoms with Crippen LogP contribution in [0.2, 0.25) is 0 Å². The van der Waals surface area contributed by atoms with E-state index in [1.807, 2.05) is 0 Å². The molecular formula is C14H21BrN2O2. The van der Waals surface area contributed by atoms with Gasteiger partial charge in [-0.25, -0.2) is 4.68 Å². The van der Waals surface area contributed by atoms with E-state index in [1.54, 1.807) is 17.9 Å². The molecule has 1 aliphatic rings. The SMILES string of the molecule is COc1ccc(=O)n(CC2(CBr)CCCCCC2)n1. The molecular weight excluding hydrogens is 308 g/mol. The third-order valence-corrected chi connectivity index (χ3v) is 5.17.